The van der Waals surface area contributed by atoms with Gasteiger partial charge in [0.2, 0.25) is 5.91 Å². The zero-order chi connectivity index (χ0) is 14.2. The standard InChI is InChI=1S/C16H13N3O/c17-11-14-6-2-1-5-13(14)8-9-16(20)19-12-15-7-3-4-10-18-15/h1-10H,12H2,(H,19,20)/b9-8+. The van der Waals surface area contributed by atoms with E-state index in [9.17, 15) is 4.79 Å². The number of hydrogen-bond acceptors (Lipinski definition) is 3. The van der Waals surface area contributed by atoms with E-state index in [4.69, 9.17) is 5.26 Å². The Morgan fingerprint density at radius 2 is 2.05 bits per heavy atom. The van der Waals surface area contributed by atoms with E-state index in [2.05, 4.69) is 16.4 Å². The Balaban J connectivity index is 1.95. The zero-order valence-corrected chi connectivity index (χ0v) is 10.8. The third-order valence-electron chi connectivity index (χ3n) is 2.67. The summed E-state index contributed by atoms with van der Waals surface area (Å²) in [4.78, 5) is 15.8. The first kappa shape index (κ1) is 13.5. The molecule has 1 aromatic heterocycles. The molecule has 0 aliphatic carbocycles. The quantitative estimate of drug-likeness (QED) is 0.861. The van der Waals surface area contributed by atoms with Crippen molar-refractivity contribution in [2.75, 3.05) is 0 Å². The molecule has 4 heteroatoms. The van der Waals surface area contributed by atoms with Crippen molar-refractivity contribution in [2.45, 2.75) is 6.54 Å². The predicted octanol–water partition coefficient (Wildman–Crippen LogP) is 2.28. The maximum atomic E-state index is 11.7. The fourth-order valence-corrected chi connectivity index (χ4v) is 1.65. The van der Waals surface area contributed by atoms with Gasteiger partial charge in [-0.15, -0.1) is 0 Å². The molecular weight excluding hydrogens is 250 g/mol. The number of benzene rings is 1. The molecule has 0 saturated heterocycles. The lowest BCUT2D eigenvalue weighted by molar-refractivity contribution is -0.116. The number of nitriles is 1. The molecule has 0 unspecified atom stereocenters. The van der Waals surface area contributed by atoms with Gasteiger partial charge in [0, 0.05) is 12.3 Å². The van der Waals surface area contributed by atoms with Crippen molar-refractivity contribution < 1.29 is 4.79 Å². The molecule has 0 aliphatic heterocycles. The summed E-state index contributed by atoms with van der Waals surface area (Å²) in [6.07, 6.45) is 4.73. The van der Waals surface area contributed by atoms with E-state index < -0.39 is 0 Å². The van der Waals surface area contributed by atoms with Crippen LogP contribution in [0.4, 0.5) is 0 Å². The van der Waals surface area contributed by atoms with Crippen LogP contribution in [0.1, 0.15) is 16.8 Å². The Labute approximate surface area is 117 Å². The van der Waals surface area contributed by atoms with Gasteiger partial charge in [0.1, 0.15) is 0 Å². The molecule has 0 aliphatic rings. The molecule has 4 nitrogen and oxygen atoms in total. The van der Waals surface area contributed by atoms with Crippen LogP contribution in [0.15, 0.2) is 54.7 Å². The van der Waals surface area contributed by atoms with Crippen molar-refractivity contribution in [1.82, 2.24) is 10.3 Å². The second kappa shape index (κ2) is 6.86. The van der Waals surface area contributed by atoms with Crippen molar-refractivity contribution in [3.8, 4) is 6.07 Å². The second-order valence-corrected chi connectivity index (χ2v) is 4.07. The third kappa shape index (κ3) is 3.79. The van der Waals surface area contributed by atoms with Crippen LogP contribution in [0.2, 0.25) is 0 Å². The molecule has 1 amide bonds. The smallest absolute Gasteiger partial charge is 0.244 e. The lowest BCUT2D eigenvalue weighted by Crippen LogP contribution is -2.20. The fourth-order valence-electron chi connectivity index (χ4n) is 1.65. The predicted molar refractivity (Wildman–Crippen MR) is 76.3 cm³/mol. The molecule has 1 aromatic carbocycles. The topological polar surface area (TPSA) is 65.8 Å². The highest BCUT2D eigenvalue weighted by atomic mass is 16.1. The van der Waals surface area contributed by atoms with Crippen LogP contribution in [0.5, 0.6) is 0 Å². The number of carbonyl (C=O) groups is 1. The molecule has 1 N–H and O–H groups in total. The van der Waals surface area contributed by atoms with Crippen molar-refractivity contribution in [3.63, 3.8) is 0 Å². The van der Waals surface area contributed by atoms with E-state index in [1.165, 1.54) is 6.08 Å². The number of nitrogens with zero attached hydrogens (tertiary/aromatic N) is 2. The minimum Gasteiger partial charge on any atom is -0.347 e. The molecule has 2 rings (SSSR count). The van der Waals surface area contributed by atoms with E-state index in [1.807, 2.05) is 24.3 Å². The highest BCUT2D eigenvalue weighted by Gasteiger charge is 1.99. The Bertz CT molecular complexity index is 657. The average Bonchev–Trinajstić information content (AvgIpc) is 2.52. The normalized spacial score (nSPS) is 10.2. The first-order valence-electron chi connectivity index (χ1n) is 6.14. The van der Waals surface area contributed by atoms with E-state index in [0.29, 0.717) is 12.1 Å². The molecule has 0 fully saturated rings. The number of hydrogen-bond donors (Lipinski definition) is 1. The average molecular weight is 263 g/mol. The molecule has 2 aromatic rings. The highest BCUT2D eigenvalue weighted by molar-refractivity contribution is 5.91. The minimum atomic E-state index is -0.219. The highest BCUT2D eigenvalue weighted by Crippen LogP contribution is 2.08. The van der Waals surface area contributed by atoms with Gasteiger partial charge in [-0.05, 0) is 29.8 Å². The molecule has 0 bridgehead atoms. The number of aromatic nitrogens is 1. The van der Waals surface area contributed by atoms with Gasteiger partial charge in [-0.25, -0.2) is 0 Å². The second-order valence-electron chi connectivity index (χ2n) is 4.07. The number of carbonyl (C=O) groups excluding carboxylic acids is 1. The van der Waals surface area contributed by atoms with E-state index >= 15 is 0 Å². The number of pyridine rings is 1. The van der Waals surface area contributed by atoms with Gasteiger partial charge < -0.3 is 5.32 Å². The summed E-state index contributed by atoms with van der Waals surface area (Å²) in [5.74, 6) is -0.219. The van der Waals surface area contributed by atoms with Gasteiger partial charge in [-0.3, -0.25) is 9.78 Å². The summed E-state index contributed by atoms with van der Waals surface area (Å²) < 4.78 is 0. The lowest BCUT2D eigenvalue weighted by Gasteiger charge is -2.01. The molecular formula is C16H13N3O. The van der Waals surface area contributed by atoms with Gasteiger partial charge in [0.05, 0.1) is 23.9 Å². The van der Waals surface area contributed by atoms with Crippen LogP contribution in [0.25, 0.3) is 6.08 Å². The molecule has 0 atom stereocenters. The monoisotopic (exact) mass is 263 g/mol. The summed E-state index contributed by atoms with van der Waals surface area (Å²) in [5, 5.41) is 11.7. The van der Waals surface area contributed by atoms with Gasteiger partial charge >= 0.3 is 0 Å². The Kier molecular flexibility index (Phi) is 4.63. The first-order chi connectivity index (χ1) is 9.79. The Morgan fingerprint density at radius 1 is 1.25 bits per heavy atom. The van der Waals surface area contributed by atoms with Crippen LogP contribution in [0, 0.1) is 11.3 Å². The maximum absolute atomic E-state index is 11.7. The maximum Gasteiger partial charge on any atom is 0.244 e. The van der Waals surface area contributed by atoms with Crippen LogP contribution >= 0.6 is 0 Å². The minimum absolute atomic E-state index is 0.219. The molecule has 1 heterocycles. The van der Waals surface area contributed by atoms with Gasteiger partial charge in [-0.1, -0.05) is 24.3 Å². The van der Waals surface area contributed by atoms with Crippen LogP contribution < -0.4 is 5.32 Å². The SMILES string of the molecule is N#Cc1ccccc1/C=C/C(=O)NCc1ccccn1. The summed E-state index contributed by atoms with van der Waals surface area (Å²) in [7, 11) is 0. The van der Waals surface area contributed by atoms with Gasteiger partial charge in [0.15, 0.2) is 0 Å². The fraction of sp³-hybridized carbons (Fsp3) is 0.0625. The summed E-state index contributed by atoms with van der Waals surface area (Å²) in [6, 6.07) is 14.7. The van der Waals surface area contributed by atoms with Gasteiger partial charge in [-0.2, -0.15) is 5.26 Å². The van der Waals surface area contributed by atoms with Crippen molar-refractivity contribution >= 4 is 12.0 Å². The Hall–Kier alpha value is -2.93. The van der Waals surface area contributed by atoms with E-state index in [0.717, 1.165) is 11.3 Å². The van der Waals surface area contributed by atoms with E-state index in [1.54, 1.807) is 30.5 Å². The molecule has 98 valence electrons. The number of rotatable bonds is 4. The molecule has 0 spiro atoms. The van der Waals surface area contributed by atoms with Crippen molar-refractivity contribution in [2.24, 2.45) is 0 Å². The zero-order valence-electron chi connectivity index (χ0n) is 10.8. The Morgan fingerprint density at radius 3 is 2.80 bits per heavy atom. The van der Waals surface area contributed by atoms with Crippen LogP contribution in [-0.2, 0) is 11.3 Å². The molecule has 20 heavy (non-hydrogen) atoms. The van der Waals surface area contributed by atoms with Crippen molar-refractivity contribution in [1.29, 1.82) is 5.26 Å². The number of nitrogens with one attached hydrogen (secondary N) is 1. The summed E-state index contributed by atoms with van der Waals surface area (Å²) >= 11 is 0. The lowest BCUT2D eigenvalue weighted by atomic mass is 10.1. The molecule has 0 saturated carbocycles. The third-order valence-corrected chi connectivity index (χ3v) is 2.67. The summed E-state index contributed by atoms with van der Waals surface area (Å²) in [5.41, 5.74) is 2.07. The van der Waals surface area contributed by atoms with Crippen molar-refractivity contribution in [3.05, 3.63) is 71.6 Å². The first-order valence-corrected chi connectivity index (χ1v) is 6.14. The molecule has 0 radical (unpaired) electrons. The largest absolute Gasteiger partial charge is 0.347 e. The van der Waals surface area contributed by atoms with Crippen LogP contribution in [-0.4, -0.2) is 10.9 Å². The number of amides is 1. The van der Waals surface area contributed by atoms with Crippen LogP contribution in [0.3, 0.4) is 0 Å². The van der Waals surface area contributed by atoms with E-state index in [-0.39, 0.29) is 5.91 Å². The van der Waals surface area contributed by atoms with Gasteiger partial charge in [0.25, 0.3) is 0 Å². The summed E-state index contributed by atoms with van der Waals surface area (Å²) in [6.45, 7) is 0.379.